The first-order valence-corrected chi connectivity index (χ1v) is 8.09. The molecule has 9 heteroatoms. The molecule has 3 rings (SSSR count). The fourth-order valence-corrected chi connectivity index (χ4v) is 3.34. The van der Waals surface area contributed by atoms with Crippen molar-refractivity contribution in [3.05, 3.63) is 24.5 Å². The van der Waals surface area contributed by atoms with Gasteiger partial charge in [0.1, 0.15) is 24.4 Å². The number of aliphatic hydroxyl groups excluding tert-OH is 4. The van der Waals surface area contributed by atoms with Crippen LogP contribution in [0.1, 0.15) is 6.42 Å². The molecule has 0 amide bonds. The number of aliphatic hydroxyl groups is 4. The van der Waals surface area contributed by atoms with Crippen LogP contribution in [0.3, 0.4) is 0 Å². The van der Waals surface area contributed by atoms with Crippen LogP contribution < -0.4 is 0 Å². The minimum Gasteiger partial charge on any atom is -0.471 e. The van der Waals surface area contributed by atoms with Crippen LogP contribution in [0, 0.1) is 11.8 Å². The Hall–Kier alpha value is -1.49. The van der Waals surface area contributed by atoms with Crippen molar-refractivity contribution in [2.75, 3.05) is 13.2 Å². The number of fused-ring (bicyclic) bond motifs is 1. The van der Waals surface area contributed by atoms with Crippen molar-refractivity contribution in [3.8, 4) is 0 Å². The lowest BCUT2D eigenvalue weighted by Crippen LogP contribution is -2.60. The molecule has 8 atom stereocenters. The van der Waals surface area contributed by atoms with E-state index in [1.807, 2.05) is 0 Å². The summed E-state index contributed by atoms with van der Waals surface area (Å²) in [4.78, 5) is 11.8. The van der Waals surface area contributed by atoms with Crippen LogP contribution in [0.5, 0.6) is 0 Å². The second-order valence-corrected chi connectivity index (χ2v) is 6.26. The smallest absolute Gasteiger partial charge is 0.337 e. The van der Waals surface area contributed by atoms with Crippen molar-refractivity contribution in [2.45, 2.75) is 43.4 Å². The van der Waals surface area contributed by atoms with Crippen molar-refractivity contribution in [1.82, 2.24) is 0 Å². The number of esters is 1. The van der Waals surface area contributed by atoms with Gasteiger partial charge in [-0.05, 0) is 6.42 Å². The first kappa shape index (κ1) is 18.3. The summed E-state index contributed by atoms with van der Waals surface area (Å²) in [6.07, 6.45) is -4.44. The Morgan fingerprint density at radius 3 is 2.68 bits per heavy atom. The highest BCUT2D eigenvalue weighted by molar-refractivity contribution is 5.89. The van der Waals surface area contributed by atoms with Crippen LogP contribution in [0.4, 0.5) is 0 Å². The Morgan fingerprint density at radius 2 is 2.00 bits per heavy atom. The van der Waals surface area contributed by atoms with Crippen LogP contribution >= 0.6 is 0 Å². The van der Waals surface area contributed by atoms with E-state index in [1.54, 1.807) is 6.08 Å². The lowest BCUT2D eigenvalue weighted by Gasteiger charge is -2.43. The molecule has 4 N–H and O–H groups in total. The van der Waals surface area contributed by atoms with E-state index in [0.29, 0.717) is 12.0 Å². The molecule has 2 fully saturated rings. The van der Waals surface area contributed by atoms with Gasteiger partial charge in [0.05, 0.1) is 25.0 Å². The molecule has 0 aromatic heterocycles. The lowest BCUT2D eigenvalue weighted by atomic mass is 9.81. The van der Waals surface area contributed by atoms with E-state index >= 15 is 0 Å². The first-order valence-electron chi connectivity index (χ1n) is 8.09. The van der Waals surface area contributed by atoms with Gasteiger partial charge in [-0.3, -0.25) is 0 Å². The number of hydrogen-bond acceptors (Lipinski definition) is 9. The zero-order valence-electron chi connectivity index (χ0n) is 13.4. The Morgan fingerprint density at radius 1 is 1.24 bits per heavy atom. The Bertz CT molecular complexity index is 546. The van der Waals surface area contributed by atoms with Crippen molar-refractivity contribution in [2.24, 2.45) is 11.8 Å². The quantitative estimate of drug-likeness (QED) is 0.346. The Balaban J connectivity index is 1.75. The predicted octanol–water partition coefficient (Wildman–Crippen LogP) is -1.59. The van der Waals surface area contributed by atoms with E-state index in [-0.39, 0.29) is 12.5 Å². The number of ether oxygens (including phenoxy) is 4. The molecule has 0 aromatic rings. The Labute approximate surface area is 144 Å². The van der Waals surface area contributed by atoms with Crippen LogP contribution in [0.15, 0.2) is 24.5 Å². The molecule has 0 spiro atoms. The highest BCUT2D eigenvalue weighted by Crippen LogP contribution is 2.38. The minimum atomic E-state index is -1.54. The van der Waals surface area contributed by atoms with Crippen molar-refractivity contribution in [1.29, 1.82) is 0 Å². The molecule has 3 aliphatic heterocycles. The van der Waals surface area contributed by atoms with Crippen molar-refractivity contribution >= 4 is 5.97 Å². The van der Waals surface area contributed by atoms with Crippen LogP contribution in [-0.2, 0) is 23.7 Å². The van der Waals surface area contributed by atoms with Crippen molar-refractivity contribution < 1.29 is 44.2 Å². The van der Waals surface area contributed by atoms with Crippen LogP contribution in [-0.4, -0.2) is 76.6 Å². The maximum absolute atomic E-state index is 11.8. The number of hydrogen-bond donors (Lipinski definition) is 4. The van der Waals surface area contributed by atoms with Crippen LogP contribution in [0.2, 0.25) is 0 Å². The van der Waals surface area contributed by atoms with Gasteiger partial charge in [-0.25, -0.2) is 4.79 Å². The molecule has 0 saturated carbocycles. The molecule has 0 bridgehead atoms. The van der Waals surface area contributed by atoms with Crippen molar-refractivity contribution in [3.63, 3.8) is 0 Å². The molecule has 9 nitrogen and oxygen atoms in total. The third-order valence-corrected chi connectivity index (χ3v) is 4.79. The second kappa shape index (κ2) is 7.40. The fourth-order valence-electron chi connectivity index (χ4n) is 3.34. The lowest BCUT2D eigenvalue weighted by molar-refractivity contribution is -0.339. The fraction of sp³-hybridized carbons (Fsp3) is 0.688. The largest absolute Gasteiger partial charge is 0.471 e. The average molecular weight is 358 g/mol. The molecular formula is C16H22O9. The van der Waals surface area contributed by atoms with E-state index < -0.39 is 55.5 Å². The summed E-state index contributed by atoms with van der Waals surface area (Å²) in [6, 6.07) is 0. The highest BCUT2D eigenvalue weighted by Gasteiger charge is 2.48. The van der Waals surface area contributed by atoms with Gasteiger partial charge in [0, 0.05) is 11.8 Å². The third kappa shape index (κ3) is 3.31. The van der Waals surface area contributed by atoms with E-state index in [2.05, 4.69) is 6.58 Å². The molecule has 7 unspecified atom stereocenters. The second-order valence-electron chi connectivity index (χ2n) is 6.26. The maximum atomic E-state index is 11.8. The van der Waals surface area contributed by atoms with E-state index in [1.165, 1.54) is 6.26 Å². The average Bonchev–Trinajstić information content (AvgIpc) is 2.62. The van der Waals surface area contributed by atoms with E-state index in [9.17, 15) is 25.2 Å². The normalized spacial score (nSPS) is 44.2. The zero-order valence-corrected chi connectivity index (χ0v) is 13.4. The van der Waals surface area contributed by atoms with E-state index in [4.69, 9.17) is 18.9 Å². The zero-order chi connectivity index (χ0) is 18.1. The van der Waals surface area contributed by atoms with Gasteiger partial charge in [-0.2, -0.15) is 0 Å². The molecule has 3 heterocycles. The molecule has 25 heavy (non-hydrogen) atoms. The summed E-state index contributed by atoms with van der Waals surface area (Å²) in [7, 11) is 0. The molecule has 0 aliphatic carbocycles. The molecule has 0 radical (unpaired) electrons. The third-order valence-electron chi connectivity index (χ3n) is 4.79. The topological polar surface area (TPSA) is 135 Å². The molecular weight excluding hydrogens is 336 g/mol. The van der Waals surface area contributed by atoms with Gasteiger partial charge in [0.15, 0.2) is 6.29 Å². The van der Waals surface area contributed by atoms with Gasteiger partial charge < -0.3 is 39.4 Å². The minimum absolute atomic E-state index is 0.206. The van der Waals surface area contributed by atoms with Gasteiger partial charge in [-0.15, -0.1) is 6.58 Å². The molecule has 2 saturated heterocycles. The highest BCUT2D eigenvalue weighted by atomic mass is 16.8. The first-order chi connectivity index (χ1) is 12.0. The summed E-state index contributed by atoms with van der Waals surface area (Å²) in [5.41, 5.74) is 0.393. The van der Waals surface area contributed by atoms with Gasteiger partial charge >= 0.3 is 5.97 Å². The monoisotopic (exact) mass is 358 g/mol. The van der Waals surface area contributed by atoms with Crippen LogP contribution in [0.25, 0.3) is 0 Å². The van der Waals surface area contributed by atoms with Gasteiger partial charge in [-0.1, -0.05) is 6.08 Å². The van der Waals surface area contributed by atoms with Gasteiger partial charge in [0.25, 0.3) is 0 Å². The SMILES string of the molecule is C=CC1C(OC2OC(CO)C(O)C(O)C2O)OC=C2C(=O)OCC[C@@H]21. The number of cyclic esters (lactones) is 1. The number of carbonyl (C=O) groups is 1. The standard InChI is InChI=1S/C16H22O9/c1-2-7-8-3-4-22-14(21)9(8)6-23-15(7)25-16-13(20)12(19)11(18)10(5-17)24-16/h2,6-8,10-13,15-20H,1,3-5H2/t7?,8-,10?,11?,12?,13?,15?,16?/m1/s1. The predicted molar refractivity (Wildman–Crippen MR) is 80.6 cm³/mol. The summed E-state index contributed by atoms with van der Waals surface area (Å²) >= 11 is 0. The van der Waals surface area contributed by atoms with E-state index in [0.717, 1.165) is 0 Å². The summed E-state index contributed by atoms with van der Waals surface area (Å²) < 4.78 is 21.4. The maximum Gasteiger partial charge on any atom is 0.337 e. The number of carbonyl (C=O) groups excluding carboxylic acids is 1. The summed E-state index contributed by atoms with van der Waals surface area (Å²) in [5, 5.41) is 38.9. The van der Waals surface area contributed by atoms with Gasteiger partial charge in [0.2, 0.25) is 6.29 Å². The molecule has 140 valence electrons. The summed E-state index contributed by atoms with van der Waals surface area (Å²) in [6.45, 7) is 3.47. The Kier molecular flexibility index (Phi) is 5.42. The molecule has 3 aliphatic rings. The summed E-state index contributed by atoms with van der Waals surface area (Å²) in [5.74, 6) is -1.06. The molecule has 0 aromatic carbocycles. The number of rotatable bonds is 4.